The first-order chi connectivity index (χ1) is 7.11. The standard InChI is InChI=1S/C11H13NO3/c1-5(2)12-10(13)8-6-3-4-7(15-6)9(8)11(12)14/h3-9H,1-2H3/t6-,7+,8-,9-/m0/s1. The van der Waals surface area contributed by atoms with Crippen LogP contribution in [0.25, 0.3) is 0 Å². The van der Waals surface area contributed by atoms with Gasteiger partial charge in [-0.1, -0.05) is 12.2 Å². The summed E-state index contributed by atoms with van der Waals surface area (Å²) in [6.07, 6.45) is 3.47. The Labute approximate surface area is 87.9 Å². The Morgan fingerprint density at radius 2 is 1.60 bits per heavy atom. The second-order valence-electron chi connectivity index (χ2n) is 4.64. The fourth-order valence-electron chi connectivity index (χ4n) is 2.84. The summed E-state index contributed by atoms with van der Waals surface area (Å²) in [6.45, 7) is 3.74. The number of imide groups is 1. The van der Waals surface area contributed by atoms with E-state index in [1.807, 2.05) is 26.0 Å². The van der Waals surface area contributed by atoms with Gasteiger partial charge in [-0.3, -0.25) is 14.5 Å². The van der Waals surface area contributed by atoms with Gasteiger partial charge in [0.15, 0.2) is 0 Å². The first-order valence-corrected chi connectivity index (χ1v) is 5.32. The van der Waals surface area contributed by atoms with Crippen LogP contribution in [-0.4, -0.2) is 35.0 Å². The van der Waals surface area contributed by atoms with Crippen molar-refractivity contribution in [1.29, 1.82) is 0 Å². The molecule has 3 aliphatic rings. The maximum Gasteiger partial charge on any atom is 0.236 e. The van der Waals surface area contributed by atoms with Gasteiger partial charge in [0, 0.05) is 6.04 Å². The second-order valence-corrected chi connectivity index (χ2v) is 4.64. The molecular formula is C11H13NO3. The van der Waals surface area contributed by atoms with Crippen LogP contribution < -0.4 is 0 Å². The van der Waals surface area contributed by atoms with Gasteiger partial charge in [-0.2, -0.15) is 0 Å². The molecule has 2 saturated heterocycles. The number of carbonyl (C=O) groups is 2. The molecule has 3 aliphatic heterocycles. The average Bonchev–Trinajstić information content (AvgIpc) is 2.79. The Bertz CT molecular complexity index is 344. The lowest BCUT2D eigenvalue weighted by Gasteiger charge is -2.21. The lowest BCUT2D eigenvalue weighted by molar-refractivity contribution is -0.144. The van der Waals surface area contributed by atoms with Crippen molar-refractivity contribution >= 4 is 11.8 Å². The molecule has 0 aliphatic carbocycles. The van der Waals surface area contributed by atoms with E-state index in [0.717, 1.165) is 0 Å². The molecule has 4 nitrogen and oxygen atoms in total. The third-order valence-electron chi connectivity index (χ3n) is 3.46. The summed E-state index contributed by atoms with van der Waals surface area (Å²) in [5.41, 5.74) is 0. The normalized spacial score (nSPS) is 42.2. The van der Waals surface area contributed by atoms with Gasteiger partial charge in [0.05, 0.1) is 24.0 Å². The van der Waals surface area contributed by atoms with Crippen molar-refractivity contribution < 1.29 is 14.3 Å². The summed E-state index contributed by atoms with van der Waals surface area (Å²) in [5.74, 6) is -0.626. The second kappa shape index (κ2) is 2.70. The van der Waals surface area contributed by atoms with E-state index in [1.54, 1.807) is 0 Å². The molecule has 0 radical (unpaired) electrons. The van der Waals surface area contributed by atoms with E-state index in [4.69, 9.17) is 4.74 Å². The first-order valence-electron chi connectivity index (χ1n) is 5.32. The van der Waals surface area contributed by atoms with E-state index in [9.17, 15) is 9.59 Å². The minimum Gasteiger partial charge on any atom is -0.365 e. The number of carbonyl (C=O) groups excluding carboxylic acids is 2. The molecule has 0 unspecified atom stereocenters. The average molecular weight is 207 g/mol. The zero-order valence-electron chi connectivity index (χ0n) is 8.71. The largest absolute Gasteiger partial charge is 0.365 e. The molecule has 2 bridgehead atoms. The van der Waals surface area contributed by atoms with Crippen LogP contribution in [0.2, 0.25) is 0 Å². The van der Waals surface area contributed by atoms with Gasteiger partial charge in [0.1, 0.15) is 0 Å². The Morgan fingerprint density at radius 1 is 1.13 bits per heavy atom. The molecule has 2 amide bonds. The van der Waals surface area contributed by atoms with Crippen LogP contribution >= 0.6 is 0 Å². The fraction of sp³-hybridized carbons (Fsp3) is 0.636. The van der Waals surface area contributed by atoms with Crippen molar-refractivity contribution in [2.75, 3.05) is 0 Å². The number of hydrogen-bond donors (Lipinski definition) is 0. The number of likely N-dealkylation sites (tertiary alicyclic amines) is 1. The molecule has 4 atom stereocenters. The number of amides is 2. The van der Waals surface area contributed by atoms with Gasteiger partial charge in [0.25, 0.3) is 0 Å². The van der Waals surface area contributed by atoms with Crippen LogP contribution in [-0.2, 0) is 14.3 Å². The molecule has 0 aromatic heterocycles. The van der Waals surface area contributed by atoms with Crippen LogP contribution in [0.3, 0.4) is 0 Å². The molecule has 0 N–H and O–H groups in total. The first kappa shape index (κ1) is 9.09. The number of fused-ring (bicyclic) bond motifs is 5. The van der Waals surface area contributed by atoms with E-state index in [1.165, 1.54) is 4.90 Å². The highest BCUT2D eigenvalue weighted by molar-refractivity contribution is 6.07. The predicted molar refractivity (Wildman–Crippen MR) is 51.8 cm³/mol. The number of ether oxygens (including phenoxy) is 1. The van der Waals surface area contributed by atoms with Crippen LogP contribution in [0, 0.1) is 11.8 Å². The van der Waals surface area contributed by atoms with Crippen molar-refractivity contribution in [2.24, 2.45) is 11.8 Å². The molecule has 0 aromatic carbocycles. The van der Waals surface area contributed by atoms with E-state index in [-0.39, 0.29) is 41.9 Å². The highest BCUT2D eigenvalue weighted by Crippen LogP contribution is 2.45. The van der Waals surface area contributed by atoms with Crippen molar-refractivity contribution in [3.8, 4) is 0 Å². The quantitative estimate of drug-likeness (QED) is 0.460. The minimum absolute atomic E-state index is 0.0463. The molecule has 80 valence electrons. The van der Waals surface area contributed by atoms with Gasteiger partial charge < -0.3 is 4.74 Å². The molecular weight excluding hydrogens is 194 g/mol. The maximum atomic E-state index is 12.0. The Hall–Kier alpha value is -1.16. The zero-order valence-corrected chi connectivity index (χ0v) is 8.71. The van der Waals surface area contributed by atoms with Crippen LogP contribution in [0.4, 0.5) is 0 Å². The molecule has 4 heteroatoms. The lowest BCUT2D eigenvalue weighted by Crippen LogP contribution is -2.39. The van der Waals surface area contributed by atoms with E-state index >= 15 is 0 Å². The predicted octanol–water partition coefficient (Wildman–Crippen LogP) is 0.333. The van der Waals surface area contributed by atoms with Gasteiger partial charge in [0.2, 0.25) is 11.8 Å². The zero-order chi connectivity index (χ0) is 10.7. The molecule has 0 spiro atoms. The fourth-order valence-corrected chi connectivity index (χ4v) is 2.84. The summed E-state index contributed by atoms with van der Waals surface area (Å²) in [6, 6.07) is -0.0463. The minimum atomic E-state index is -0.255. The van der Waals surface area contributed by atoms with Crippen LogP contribution in [0.5, 0.6) is 0 Å². The number of rotatable bonds is 1. The van der Waals surface area contributed by atoms with Crippen LogP contribution in [0.1, 0.15) is 13.8 Å². The monoisotopic (exact) mass is 207 g/mol. The summed E-state index contributed by atoms with van der Waals surface area (Å²) in [5, 5.41) is 0. The Morgan fingerprint density at radius 3 is 2.00 bits per heavy atom. The maximum absolute atomic E-state index is 12.0. The highest BCUT2D eigenvalue weighted by atomic mass is 16.5. The smallest absolute Gasteiger partial charge is 0.236 e. The Kier molecular flexibility index (Phi) is 1.63. The molecule has 0 saturated carbocycles. The topological polar surface area (TPSA) is 46.6 Å². The summed E-state index contributed by atoms with van der Waals surface area (Å²) in [7, 11) is 0. The molecule has 15 heavy (non-hydrogen) atoms. The van der Waals surface area contributed by atoms with Gasteiger partial charge in [-0.15, -0.1) is 0 Å². The van der Waals surface area contributed by atoms with Crippen LogP contribution in [0.15, 0.2) is 12.2 Å². The van der Waals surface area contributed by atoms with E-state index in [2.05, 4.69) is 0 Å². The number of hydrogen-bond acceptors (Lipinski definition) is 3. The summed E-state index contributed by atoms with van der Waals surface area (Å²) >= 11 is 0. The lowest BCUT2D eigenvalue weighted by atomic mass is 9.85. The summed E-state index contributed by atoms with van der Waals surface area (Å²) < 4.78 is 5.53. The highest BCUT2D eigenvalue weighted by Gasteiger charge is 2.60. The molecule has 0 aromatic rings. The Balaban J connectivity index is 2.00. The van der Waals surface area contributed by atoms with Gasteiger partial charge in [-0.05, 0) is 13.8 Å². The number of nitrogens with zero attached hydrogens (tertiary/aromatic N) is 1. The van der Waals surface area contributed by atoms with E-state index in [0.29, 0.717) is 0 Å². The third-order valence-corrected chi connectivity index (χ3v) is 3.46. The van der Waals surface area contributed by atoms with E-state index < -0.39 is 0 Å². The molecule has 3 heterocycles. The molecule has 3 rings (SSSR count). The van der Waals surface area contributed by atoms with Crippen molar-refractivity contribution in [2.45, 2.75) is 32.1 Å². The third kappa shape index (κ3) is 0.951. The van der Waals surface area contributed by atoms with Crippen molar-refractivity contribution in [1.82, 2.24) is 4.90 Å². The van der Waals surface area contributed by atoms with Crippen molar-refractivity contribution in [3.63, 3.8) is 0 Å². The van der Waals surface area contributed by atoms with Gasteiger partial charge in [-0.25, -0.2) is 0 Å². The molecule has 2 fully saturated rings. The van der Waals surface area contributed by atoms with Gasteiger partial charge >= 0.3 is 0 Å². The summed E-state index contributed by atoms with van der Waals surface area (Å²) in [4.78, 5) is 25.4. The van der Waals surface area contributed by atoms with Crippen molar-refractivity contribution in [3.05, 3.63) is 12.2 Å². The SMILES string of the molecule is CC(C)N1C(=O)[C@@H]2[C@@H](C1=O)[C@H]1C=C[C@@H]2O1.